The lowest BCUT2D eigenvalue weighted by Gasteiger charge is -2.21. The van der Waals surface area contributed by atoms with Crippen molar-refractivity contribution < 1.29 is 80.2 Å². The fourth-order valence-corrected chi connectivity index (χ4v) is 14.5. The molecule has 0 aromatic rings. The zero-order chi connectivity index (χ0) is 74.9. The standard InChI is InChI=1S/C83H162O17P2/c1-7-9-11-13-15-17-18-19-20-21-22-23-27-30-33-36-42-48-54-60-66-81(86)94-72-79(99-82(87)67-61-55-49-43-37-34-31-28-25-24-26-29-32-35-40-45-51-57-63-75(3)4)74-98-102(91,92)96-70-77(84)69-95-101(89,90)97-73-78(71-93-80(85)65-59-53-47-39-16-14-12-10-8-2)100-83(88)68-62-56-50-44-38-41-46-52-58-64-76(5)6/h75-79,84H,7-74H2,1-6H3,(H,89,90)(H,91,92)/t77-,78+,79+/m0/s1. The van der Waals surface area contributed by atoms with E-state index < -0.39 is 97.5 Å². The zero-order valence-corrected chi connectivity index (χ0v) is 68.7. The summed E-state index contributed by atoms with van der Waals surface area (Å²) in [4.78, 5) is 73.0. The highest BCUT2D eigenvalue weighted by Gasteiger charge is 2.30. The fourth-order valence-electron chi connectivity index (χ4n) is 12.9. The van der Waals surface area contributed by atoms with E-state index >= 15 is 0 Å². The molecule has 0 aromatic heterocycles. The number of phosphoric ester groups is 2. The van der Waals surface area contributed by atoms with Crippen LogP contribution in [-0.2, 0) is 65.4 Å². The third kappa shape index (κ3) is 76.3. The Labute approximate surface area is 626 Å². The number of aliphatic hydroxyl groups excluding tert-OH is 1. The number of aliphatic hydroxyl groups is 1. The molecule has 606 valence electrons. The third-order valence-electron chi connectivity index (χ3n) is 19.5. The summed E-state index contributed by atoms with van der Waals surface area (Å²) in [6.07, 6.45) is 65.4. The zero-order valence-electron chi connectivity index (χ0n) is 66.9. The van der Waals surface area contributed by atoms with Crippen LogP contribution in [0.1, 0.15) is 440 Å². The van der Waals surface area contributed by atoms with Gasteiger partial charge >= 0.3 is 39.5 Å². The molecule has 0 rings (SSSR count). The SMILES string of the molecule is CCCCCCCCCCCCCCCCCCCCCCC(=O)OC[C@H](COP(=O)(O)OC[C@@H](O)COP(=O)(O)OC[C@@H](COC(=O)CCCCCCCCCCC)OC(=O)CCCCCCCCCCCC(C)C)OC(=O)CCCCCCCCCCCCCCCCCCCCC(C)C. The van der Waals surface area contributed by atoms with E-state index in [-0.39, 0.29) is 25.7 Å². The number of hydrogen-bond acceptors (Lipinski definition) is 15. The van der Waals surface area contributed by atoms with Crippen molar-refractivity contribution in [2.24, 2.45) is 11.8 Å². The van der Waals surface area contributed by atoms with Crippen LogP contribution in [0.4, 0.5) is 0 Å². The predicted octanol–water partition coefficient (Wildman–Crippen LogP) is 25.1. The summed E-state index contributed by atoms with van der Waals surface area (Å²) < 4.78 is 68.7. The number of unbranched alkanes of at least 4 members (excludes halogenated alkanes) is 52. The van der Waals surface area contributed by atoms with Crippen LogP contribution in [0.3, 0.4) is 0 Å². The molecule has 0 aliphatic carbocycles. The van der Waals surface area contributed by atoms with Crippen LogP contribution in [-0.4, -0.2) is 96.7 Å². The number of phosphoric acid groups is 2. The summed E-state index contributed by atoms with van der Waals surface area (Å²) >= 11 is 0. The molecule has 0 aliphatic rings. The minimum absolute atomic E-state index is 0.106. The van der Waals surface area contributed by atoms with E-state index in [1.807, 2.05) is 0 Å². The molecule has 0 heterocycles. The van der Waals surface area contributed by atoms with Crippen LogP contribution in [0.15, 0.2) is 0 Å². The highest BCUT2D eigenvalue weighted by molar-refractivity contribution is 7.47. The summed E-state index contributed by atoms with van der Waals surface area (Å²) in [5.74, 6) is -0.552. The van der Waals surface area contributed by atoms with Gasteiger partial charge < -0.3 is 33.8 Å². The first kappa shape index (κ1) is 100. The van der Waals surface area contributed by atoms with E-state index in [2.05, 4.69) is 41.5 Å². The van der Waals surface area contributed by atoms with Crippen LogP contribution < -0.4 is 0 Å². The first-order valence-corrected chi connectivity index (χ1v) is 46.0. The first-order valence-electron chi connectivity index (χ1n) is 43.0. The van der Waals surface area contributed by atoms with Gasteiger partial charge in [-0.05, 0) is 37.5 Å². The molecule has 0 aromatic carbocycles. The van der Waals surface area contributed by atoms with Crippen LogP contribution >= 0.6 is 15.6 Å². The van der Waals surface area contributed by atoms with Crippen molar-refractivity contribution >= 4 is 39.5 Å². The summed E-state index contributed by atoms with van der Waals surface area (Å²) in [5.41, 5.74) is 0. The van der Waals surface area contributed by atoms with Crippen molar-refractivity contribution in [2.45, 2.75) is 458 Å². The second-order valence-electron chi connectivity index (χ2n) is 30.8. The lowest BCUT2D eigenvalue weighted by Crippen LogP contribution is -2.30. The molecule has 102 heavy (non-hydrogen) atoms. The van der Waals surface area contributed by atoms with Crippen LogP contribution in [0, 0.1) is 11.8 Å². The molecule has 0 saturated carbocycles. The van der Waals surface area contributed by atoms with Gasteiger partial charge in [-0.25, -0.2) is 9.13 Å². The van der Waals surface area contributed by atoms with Crippen molar-refractivity contribution in [1.82, 2.24) is 0 Å². The maximum atomic E-state index is 13.1. The second kappa shape index (κ2) is 74.5. The number of hydrogen-bond donors (Lipinski definition) is 3. The normalized spacial score (nSPS) is 13.9. The smallest absolute Gasteiger partial charge is 0.462 e. The fraction of sp³-hybridized carbons (Fsp3) is 0.952. The van der Waals surface area contributed by atoms with Crippen molar-refractivity contribution in [2.75, 3.05) is 39.6 Å². The second-order valence-corrected chi connectivity index (χ2v) is 33.7. The van der Waals surface area contributed by atoms with Gasteiger partial charge in [0, 0.05) is 25.7 Å². The Kier molecular flexibility index (Phi) is 73.1. The Hall–Kier alpha value is -1.94. The van der Waals surface area contributed by atoms with Crippen molar-refractivity contribution in [3.8, 4) is 0 Å². The van der Waals surface area contributed by atoms with Gasteiger partial charge in [0.2, 0.25) is 0 Å². The van der Waals surface area contributed by atoms with Gasteiger partial charge in [-0.2, -0.15) is 0 Å². The average molecular weight is 1490 g/mol. The maximum Gasteiger partial charge on any atom is 0.472 e. The molecule has 0 amide bonds. The number of ether oxygens (including phenoxy) is 4. The molecule has 0 fully saturated rings. The number of carbonyl (C=O) groups excluding carboxylic acids is 4. The Morgan fingerprint density at radius 2 is 0.451 bits per heavy atom. The van der Waals surface area contributed by atoms with Gasteiger partial charge in [-0.3, -0.25) is 37.3 Å². The Morgan fingerprint density at radius 1 is 0.265 bits per heavy atom. The minimum Gasteiger partial charge on any atom is -0.462 e. The summed E-state index contributed by atoms with van der Waals surface area (Å²) in [5, 5.41) is 10.6. The summed E-state index contributed by atoms with van der Waals surface area (Å²) in [6, 6.07) is 0. The molecule has 0 saturated heterocycles. The van der Waals surface area contributed by atoms with E-state index in [1.54, 1.807) is 0 Å². The van der Waals surface area contributed by atoms with Crippen LogP contribution in [0.25, 0.3) is 0 Å². The van der Waals surface area contributed by atoms with Gasteiger partial charge in [-0.15, -0.1) is 0 Å². The van der Waals surface area contributed by atoms with Crippen molar-refractivity contribution in [3.63, 3.8) is 0 Å². The van der Waals surface area contributed by atoms with Gasteiger partial charge in [0.15, 0.2) is 12.2 Å². The molecule has 0 radical (unpaired) electrons. The maximum absolute atomic E-state index is 13.1. The van der Waals surface area contributed by atoms with Crippen molar-refractivity contribution in [1.29, 1.82) is 0 Å². The molecule has 2 unspecified atom stereocenters. The minimum atomic E-state index is -4.96. The highest BCUT2D eigenvalue weighted by Crippen LogP contribution is 2.45. The summed E-state index contributed by atoms with van der Waals surface area (Å²) in [7, 11) is -9.92. The quantitative estimate of drug-likeness (QED) is 0.0222. The van der Waals surface area contributed by atoms with E-state index in [9.17, 15) is 43.2 Å². The van der Waals surface area contributed by atoms with E-state index in [1.165, 1.54) is 257 Å². The Bertz CT molecular complexity index is 1960. The molecule has 19 heteroatoms. The van der Waals surface area contributed by atoms with Crippen LogP contribution in [0.5, 0.6) is 0 Å². The molecule has 0 aliphatic heterocycles. The van der Waals surface area contributed by atoms with Gasteiger partial charge in [-0.1, -0.05) is 388 Å². The molecule has 0 bridgehead atoms. The largest absolute Gasteiger partial charge is 0.472 e. The number of carbonyl (C=O) groups is 4. The highest BCUT2D eigenvalue weighted by atomic mass is 31.2. The Balaban J connectivity index is 5.19. The predicted molar refractivity (Wildman–Crippen MR) is 418 cm³/mol. The molecular weight excluding hydrogens is 1330 g/mol. The van der Waals surface area contributed by atoms with Crippen molar-refractivity contribution in [3.05, 3.63) is 0 Å². The topological polar surface area (TPSA) is 237 Å². The number of rotatable bonds is 82. The molecule has 3 N–H and O–H groups in total. The monoisotopic (exact) mass is 1490 g/mol. The first-order chi connectivity index (χ1) is 49.4. The van der Waals surface area contributed by atoms with E-state index in [0.717, 1.165) is 102 Å². The lowest BCUT2D eigenvalue weighted by atomic mass is 10.0. The molecule has 17 nitrogen and oxygen atoms in total. The van der Waals surface area contributed by atoms with E-state index in [4.69, 9.17) is 37.0 Å². The van der Waals surface area contributed by atoms with E-state index in [0.29, 0.717) is 25.7 Å². The lowest BCUT2D eigenvalue weighted by molar-refractivity contribution is -0.161. The van der Waals surface area contributed by atoms with Crippen LogP contribution in [0.2, 0.25) is 0 Å². The molecular formula is C83H162O17P2. The molecule has 5 atom stereocenters. The summed E-state index contributed by atoms with van der Waals surface area (Å²) in [6.45, 7) is 9.64. The number of esters is 4. The van der Waals surface area contributed by atoms with Gasteiger partial charge in [0.05, 0.1) is 26.4 Å². The molecule has 0 spiro atoms. The third-order valence-corrected chi connectivity index (χ3v) is 21.4. The average Bonchev–Trinajstić information content (AvgIpc) is 0.911. The Morgan fingerprint density at radius 3 is 0.667 bits per heavy atom. The van der Waals surface area contributed by atoms with Gasteiger partial charge in [0.25, 0.3) is 0 Å². The van der Waals surface area contributed by atoms with Gasteiger partial charge in [0.1, 0.15) is 19.3 Å².